The van der Waals surface area contributed by atoms with E-state index < -0.39 is 0 Å². The van der Waals surface area contributed by atoms with Gasteiger partial charge in [-0.05, 0) is 43.7 Å². The molecule has 1 saturated heterocycles. The molecule has 1 aliphatic rings. The topological polar surface area (TPSA) is 67.0 Å². The summed E-state index contributed by atoms with van der Waals surface area (Å²) in [6.07, 6.45) is 1.50. The van der Waals surface area contributed by atoms with E-state index >= 15 is 0 Å². The van der Waals surface area contributed by atoms with Crippen molar-refractivity contribution in [3.63, 3.8) is 0 Å². The molecule has 0 spiro atoms. The number of hydrogen-bond donors (Lipinski definition) is 2. The fourth-order valence-corrected chi connectivity index (χ4v) is 3.31. The number of rotatable bonds is 4. The Labute approximate surface area is 157 Å². The van der Waals surface area contributed by atoms with Crippen LogP contribution in [0.4, 0.5) is 5.69 Å². The molecule has 6 nitrogen and oxygen atoms in total. The fourth-order valence-electron chi connectivity index (χ4n) is 3.14. The third-order valence-electron chi connectivity index (χ3n) is 4.89. The molecule has 2 aromatic rings. The van der Waals surface area contributed by atoms with E-state index in [0.717, 1.165) is 29.2 Å². The van der Waals surface area contributed by atoms with Crippen molar-refractivity contribution in [3.8, 4) is 0 Å². The van der Waals surface area contributed by atoms with Crippen molar-refractivity contribution in [2.24, 2.45) is 0 Å². The summed E-state index contributed by atoms with van der Waals surface area (Å²) in [4.78, 5) is 27.8. The molecule has 1 fully saturated rings. The number of benzene rings is 1. The molecular weight excluding hydrogens is 354 g/mol. The van der Waals surface area contributed by atoms with Crippen LogP contribution < -0.4 is 10.2 Å². The zero-order valence-electron chi connectivity index (χ0n) is 14.9. The van der Waals surface area contributed by atoms with Gasteiger partial charge in [-0.15, -0.1) is 0 Å². The Morgan fingerprint density at radius 3 is 2.65 bits per heavy atom. The smallest absolute Gasteiger partial charge is 0.289 e. The highest BCUT2D eigenvalue weighted by Gasteiger charge is 2.31. The van der Waals surface area contributed by atoms with Gasteiger partial charge in [0.15, 0.2) is 11.8 Å². The first kappa shape index (κ1) is 18.5. The monoisotopic (exact) mass is 376 g/mol. The highest BCUT2D eigenvalue weighted by atomic mass is 35.5. The van der Waals surface area contributed by atoms with Crippen molar-refractivity contribution in [2.75, 3.05) is 31.5 Å². The molecule has 0 radical (unpaired) electrons. The number of nitrogens with zero attached hydrogens (tertiary/aromatic N) is 1. The van der Waals surface area contributed by atoms with Crippen LogP contribution in [0.1, 0.15) is 23.0 Å². The summed E-state index contributed by atoms with van der Waals surface area (Å²) in [7, 11) is 0. The van der Waals surface area contributed by atoms with Gasteiger partial charge in [-0.2, -0.15) is 0 Å². The van der Waals surface area contributed by atoms with Crippen molar-refractivity contribution in [3.05, 3.63) is 52.9 Å². The van der Waals surface area contributed by atoms with Crippen LogP contribution in [0.3, 0.4) is 0 Å². The summed E-state index contributed by atoms with van der Waals surface area (Å²) in [5, 5.41) is 3.56. The minimum Gasteiger partial charge on any atom is -0.459 e. The molecule has 0 aliphatic carbocycles. The SMILES string of the molecule is Cc1ccc(Cl)cc1NC(=O)[C@H](C)[NH+]1CCN(C(=O)c2ccco2)CC1. The largest absolute Gasteiger partial charge is 0.459 e. The highest BCUT2D eigenvalue weighted by Crippen LogP contribution is 2.20. The minimum absolute atomic E-state index is 0.0452. The van der Waals surface area contributed by atoms with Crippen molar-refractivity contribution in [1.82, 2.24) is 4.90 Å². The van der Waals surface area contributed by atoms with Gasteiger partial charge in [0.2, 0.25) is 0 Å². The maximum Gasteiger partial charge on any atom is 0.289 e. The molecule has 0 unspecified atom stereocenters. The molecule has 1 aliphatic heterocycles. The van der Waals surface area contributed by atoms with Crippen LogP contribution in [0.15, 0.2) is 41.0 Å². The number of hydrogen-bond acceptors (Lipinski definition) is 3. The molecule has 0 saturated carbocycles. The first-order valence-electron chi connectivity index (χ1n) is 8.70. The molecule has 2 N–H and O–H groups in total. The first-order chi connectivity index (χ1) is 12.5. The highest BCUT2D eigenvalue weighted by molar-refractivity contribution is 6.31. The molecule has 1 atom stereocenters. The zero-order valence-corrected chi connectivity index (χ0v) is 15.7. The Morgan fingerprint density at radius 2 is 2.00 bits per heavy atom. The Kier molecular flexibility index (Phi) is 5.64. The van der Waals surface area contributed by atoms with Gasteiger partial charge >= 0.3 is 0 Å². The average Bonchev–Trinajstić information content (AvgIpc) is 3.18. The Morgan fingerprint density at radius 1 is 1.27 bits per heavy atom. The molecule has 2 amide bonds. The number of piperazine rings is 1. The Hall–Kier alpha value is -2.31. The lowest BCUT2D eigenvalue weighted by molar-refractivity contribution is -0.917. The molecule has 138 valence electrons. The van der Waals surface area contributed by atoms with Crippen molar-refractivity contribution in [2.45, 2.75) is 19.9 Å². The van der Waals surface area contributed by atoms with Crippen molar-refractivity contribution >= 4 is 29.1 Å². The molecule has 2 heterocycles. The van der Waals surface area contributed by atoms with E-state index in [-0.39, 0.29) is 17.9 Å². The second-order valence-electron chi connectivity index (χ2n) is 6.60. The first-order valence-corrected chi connectivity index (χ1v) is 9.08. The van der Waals surface area contributed by atoms with Crippen LogP contribution in [0.2, 0.25) is 5.02 Å². The third-order valence-corrected chi connectivity index (χ3v) is 5.12. The number of nitrogens with one attached hydrogen (secondary N) is 2. The molecule has 3 rings (SSSR count). The number of halogens is 1. The normalized spacial score (nSPS) is 16.3. The molecule has 1 aromatic carbocycles. The number of anilines is 1. The van der Waals surface area contributed by atoms with Crippen LogP contribution in [0.5, 0.6) is 0 Å². The quantitative estimate of drug-likeness (QED) is 0.852. The van der Waals surface area contributed by atoms with Crippen molar-refractivity contribution in [1.29, 1.82) is 0 Å². The fraction of sp³-hybridized carbons (Fsp3) is 0.368. The number of quaternary nitrogens is 1. The van der Waals surface area contributed by atoms with Crippen LogP contribution in [-0.2, 0) is 4.79 Å². The van der Waals surface area contributed by atoms with E-state index in [9.17, 15) is 9.59 Å². The lowest BCUT2D eigenvalue weighted by Crippen LogP contribution is -3.19. The van der Waals surface area contributed by atoms with Gasteiger partial charge in [-0.25, -0.2) is 0 Å². The van der Waals surface area contributed by atoms with E-state index in [4.69, 9.17) is 16.0 Å². The standard InChI is InChI=1S/C19H22ClN3O3/c1-13-5-6-15(20)12-16(13)21-18(24)14(2)22-7-9-23(10-8-22)19(25)17-4-3-11-26-17/h3-6,11-12,14H,7-10H2,1-2H3,(H,21,24)/p+1/t14-/m0/s1. The molecular formula is C19H23ClN3O3+. The summed E-state index contributed by atoms with van der Waals surface area (Å²) < 4.78 is 5.18. The second-order valence-corrected chi connectivity index (χ2v) is 7.03. The van der Waals surface area contributed by atoms with E-state index in [0.29, 0.717) is 23.9 Å². The van der Waals surface area contributed by atoms with Crippen molar-refractivity contribution < 1.29 is 18.9 Å². The predicted molar refractivity (Wildman–Crippen MR) is 99.6 cm³/mol. The number of furan rings is 1. The van der Waals surface area contributed by atoms with Crippen LogP contribution >= 0.6 is 11.6 Å². The van der Waals surface area contributed by atoms with Gasteiger partial charge in [0.25, 0.3) is 11.8 Å². The van der Waals surface area contributed by atoms with Gasteiger partial charge in [0.1, 0.15) is 0 Å². The maximum absolute atomic E-state index is 12.6. The molecule has 0 bridgehead atoms. The van der Waals surface area contributed by atoms with Gasteiger partial charge in [0.05, 0.1) is 32.4 Å². The molecule has 7 heteroatoms. The van der Waals surface area contributed by atoms with Gasteiger partial charge < -0.3 is 19.5 Å². The molecule has 26 heavy (non-hydrogen) atoms. The van der Waals surface area contributed by atoms with Crippen LogP contribution in [-0.4, -0.2) is 48.9 Å². The predicted octanol–water partition coefficient (Wildman–Crippen LogP) is 1.61. The summed E-state index contributed by atoms with van der Waals surface area (Å²) in [6.45, 7) is 6.48. The Bertz CT molecular complexity index is 783. The van der Waals surface area contributed by atoms with E-state index in [1.165, 1.54) is 6.26 Å². The summed E-state index contributed by atoms with van der Waals surface area (Å²) in [6, 6.07) is 8.61. The molecule has 1 aromatic heterocycles. The number of carbonyl (C=O) groups is 2. The van der Waals surface area contributed by atoms with Gasteiger partial charge in [-0.3, -0.25) is 9.59 Å². The number of carbonyl (C=O) groups excluding carboxylic acids is 2. The minimum atomic E-state index is -0.214. The zero-order chi connectivity index (χ0) is 18.7. The lowest BCUT2D eigenvalue weighted by Gasteiger charge is -2.34. The summed E-state index contributed by atoms with van der Waals surface area (Å²) in [5.41, 5.74) is 1.71. The lowest BCUT2D eigenvalue weighted by atomic mass is 10.1. The second kappa shape index (κ2) is 7.93. The maximum atomic E-state index is 12.6. The van der Waals surface area contributed by atoms with E-state index in [2.05, 4.69) is 5.32 Å². The number of amides is 2. The average molecular weight is 377 g/mol. The third kappa shape index (κ3) is 4.08. The van der Waals surface area contributed by atoms with Crippen LogP contribution in [0.25, 0.3) is 0 Å². The number of aryl methyl sites for hydroxylation is 1. The van der Waals surface area contributed by atoms with Gasteiger partial charge in [-0.1, -0.05) is 17.7 Å². The van der Waals surface area contributed by atoms with Gasteiger partial charge in [0, 0.05) is 10.7 Å². The van der Waals surface area contributed by atoms with Crippen LogP contribution in [0, 0.1) is 6.92 Å². The summed E-state index contributed by atoms with van der Waals surface area (Å²) in [5.74, 6) is 0.215. The van der Waals surface area contributed by atoms with E-state index in [1.807, 2.05) is 19.9 Å². The summed E-state index contributed by atoms with van der Waals surface area (Å²) >= 11 is 6.01. The van der Waals surface area contributed by atoms with E-state index in [1.54, 1.807) is 29.2 Å². The Balaban J connectivity index is 1.56.